The van der Waals surface area contributed by atoms with Crippen molar-refractivity contribution in [3.8, 4) is 0 Å². The first kappa shape index (κ1) is 20.1. The zero-order valence-corrected chi connectivity index (χ0v) is 17.8. The molecule has 1 aromatic carbocycles. The molecule has 0 amide bonds. The summed E-state index contributed by atoms with van der Waals surface area (Å²) in [5, 5.41) is 3.57. The van der Waals surface area contributed by atoms with Crippen molar-refractivity contribution in [1.82, 2.24) is 9.97 Å². The molecule has 8 heteroatoms. The number of sulfone groups is 1. The van der Waals surface area contributed by atoms with Crippen molar-refractivity contribution >= 4 is 21.3 Å². The fraction of sp³-hybridized carbons (Fsp3) is 0.524. The zero-order valence-electron chi connectivity index (χ0n) is 17.0. The molecule has 3 heterocycles. The molecule has 1 N–H and O–H groups in total. The number of rotatable bonds is 5. The summed E-state index contributed by atoms with van der Waals surface area (Å²) < 4.78 is 30.6. The Labute approximate surface area is 172 Å². The van der Waals surface area contributed by atoms with Crippen LogP contribution >= 0.6 is 0 Å². The zero-order chi connectivity index (χ0) is 20.4. The van der Waals surface area contributed by atoms with Crippen LogP contribution in [0.25, 0.3) is 0 Å². The molecule has 2 aliphatic rings. The van der Waals surface area contributed by atoms with Crippen LogP contribution in [0.1, 0.15) is 37.4 Å². The summed E-state index contributed by atoms with van der Waals surface area (Å²) in [6.07, 6.45) is 4.89. The summed E-state index contributed by atoms with van der Waals surface area (Å²) in [5.41, 5.74) is 2.85. The van der Waals surface area contributed by atoms with E-state index in [4.69, 9.17) is 4.74 Å². The third-order valence-corrected chi connectivity index (χ3v) is 7.52. The third-order valence-electron chi connectivity index (χ3n) is 5.65. The number of morpholine rings is 1. The highest BCUT2D eigenvalue weighted by atomic mass is 32.2. The van der Waals surface area contributed by atoms with Crippen molar-refractivity contribution in [3.05, 3.63) is 41.9 Å². The summed E-state index contributed by atoms with van der Waals surface area (Å²) in [6, 6.07) is 5.82. The molecule has 0 radical (unpaired) electrons. The quantitative estimate of drug-likeness (QED) is 0.802. The molecule has 1 aromatic heterocycles. The van der Waals surface area contributed by atoms with Gasteiger partial charge in [0.1, 0.15) is 6.33 Å². The molecule has 0 bridgehead atoms. The molecule has 1 fully saturated rings. The van der Waals surface area contributed by atoms with Gasteiger partial charge in [-0.25, -0.2) is 18.4 Å². The Balaban J connectivity index is 1.67. The molecule has 156 valence electrons. The number of nitrogens with zero attached hydrogens (tertiary/aromatic N) is 3. The summed E-state index contributed by atoms with van der Waals surface area (Å²) in [6.45, 7) is 7.22. The Morgan fingerprint density at radius 3 is 2.76 bits per heavy atom. The van der Waals surface area contributed by atoms with Crippen molar-refractivity contribution in [2.24, 2.45) is 5.92 Å². The first-order valence-electron chi connectivity index (χ1n) is 10.2. The second kappa shape index (κ2) is 8.28. The van der Waals surface area contributed by atoms with Crippen LogP contribution in [0.3, 0.4) is 0 Å². The SMILES string of the molecule is CC(C)[C@@H](Nc1ncncc1N1CCOCC1)c1ccc2c(c1)S(=O)(=O)CCC2. The van der Waals surface area contributed by atoms with E-state index in [9.17, 15) is 8.42 Å². The molecule has 4 rings (SSSR count). The predicted molar refractivity (Wildman–Crippen MR) is 113 cm³/mol. The maximum atomic E-state index is 12.6. The van der Waals surface area contributed by atoms with Crippen molar-refractivity contribution in [2.45, 2.75) is 37.6 Å². The van der Waals surface area contributed by atoms with E-state index in [0.29, 0.717) is 24.5 Å². The molecular weight excluding hydrogens is 388 g/mol. The number of anilines is 2. The van der Waals surface area contributed by atoms with E-state index >= 15 is 0 Å². The summed E-state index contributed by atoms with van der Waals surface area (Å²) in [7, 11) is -3.20. The predicted octanol–water partition coefficient (Wildman–Crippen LogP) is 2.84. The second-order valence-electron chi connectivity index (χ2n) is 8.01. The molecule has 2 aromatic rings. The second-order valence-corrected chi connectivity index (χ2v) is 10.1. The van der Waals surface area contributed by atoms with Crippen LogP contribution in [0.5, 0.6) is 0 Å². The number of fused-ring (bicyclic) bond motifs is 1. The summed E-state index contributed by atoms with van der Waals surface area (Å²) >= 11 is 0. The van der Waals surface area contributed by atoms with E-state index in [1.165, 1.54) is 0 Å². The van der Waals surface area contributed by atoms with Crippen LogP contribution in [-0.2, 0) is 21.0 Å². The first-order chi connectivity index (χ1) is 14.0. The number of hydrogen-bond acceptors (Lipinski definition) is 7. The van der Waals surface area contributed by atoms with Gasteiger partial charge < -0.3 is 15.0 Å². The largest absolute Gasteiger partial charge is 0.378 e. The third kappa shape index (κ3) is 4.23. The Kier molecular flexibility index (Phi) is 5.74. The Hall–Kier alpha value is -2.19. The fourth-order valence-corrected chi connectivity index (χ4v) is 5.70. The van der Waals surface area contributed by atoms with Gasteiger partial charge in [0, 0.05) is 13.1 Å². The van der Waals surface area contributed by atoms with Gasteiger partial charge in [0.15, 0.2) is 15.7 Å². The number of benzene rings is 1. The Bertz CT molecular complexity index is 972. The lowest BCUT2D eigenvalue weighted by Crippen LogP contribution is -2.37. The van der Waals surface area contributed by atoms with Crippen molar-refractivity contribution in [3.63, 3.8) is 0 Å². The van der Waals surface area contributed by atoms with Crippen molar-refractivity contribution < 1.29 is 13.2 Å². The molecule has 29 heavy (non-hydrogen) atoms. The van der Waals surface area contributed by atoms with Crippen LogP contribution in [-0.4, -0.2) is 50.4 Å². The van der Waals surface area contributed by atoms with Gasteiger partial charge in [-0.2, -0.15) is 0 Å². The van der Waals surface area contributed by atoms with Gasteiger partial charge >= 0.3 is 0 Å². The van der Waals surface area contributed by atoms with Crippen molar-refractivity contribution in [1.29, 1.82) is 0 Å². The molecule has 0 saturated carbocycles. The molecule has 0 unspecified atom stereocenters. The van der Waals surface area contributed by atoms with Gasteiger partial charge in [0.05, 0.1) is 41.8 Å². The van der Waals surface area contributed by atoms with Crippen LogP contribution in [0.4, 0.5) is 11.5 Å². The average molecular weight is 417 g/mol. The molecule has 7 nitrogen and oxygen atoms in total. The van der Waals surface area contributed by atoms with E-state index in [1.807, 2.05) is 24.4 Å². The highest BCUT2D eigenvalue weighted by Crippen LogP contribution is 2.34. The number of aryl methyl sites for hydroxylation is 1. The van der Waals surface area contributed by atoms with Crippen LogP contribution < -0.4 is 10.2 Å². The number of aromatic nitrogens is 2. The summed E-state index contributed by atoms with van der Waals surface area (Å²) in [4.78, 5) is 11.4. The van der Waals surface area contributed by atoms with Gasteiger partial charge in [0.25, 0.3) is 0 Å². The van der Waals surface area contributed by atoms with Gasteiger partial charge in [-0.15, -0.1) is 0 Å². The molecule has 0 spiro atoms. The van der Waals surface area contributed by atoms with E-state index < -0.39 is 9.84 Å². The van der Waals surface area contributed by atoms with Gasteiger partial charge in [0.2, 0.25) is 0 Å². The number of ether oxygens (including phenoxy) is 1. The van der Waals surface area contributed by atoms with E-state index in [0.717, 1.165) is 42.1 Å². The van der Waals surface area contributed by atoms with E-state index in [2.05, 4.69) is 34.0 Å². The van der Waals surface area contributed by atoms with Crippen LogP contribution in [0, 0.1) is 5.92 Å². The highest BCUT2D eigenvalue weighted by Gasteiger charge is 2.27. The van der Waals surface area contributed by atoms with E-state index in [-0.39, 0.29) is 17.7 Å². The normalized spacial score (nSPS) is 19.6. The van der Waals surface area contributed by atoms with Gasteiger partial charge in [-0.1, -0.05) is 26.0 Å². The van der Waals surface area contributed by atoms with Crippen LogP contribution in [0.15, 0.2) is 35.6 Å². The lowest BCUT2D eigenvalue weighted by molar-refractivity contribution is 0.122. The fourth-order valence-electron chi connectivity index (χ4n) is 4.07. The molecule has 2 aliphatic heterocycles. The molecule has 0 aliphatic carbocycles. The average Bonchev–Trinajstić information content (AvgIpc) is 2.72. The Morgan fingerprint density at radius 1 is 1.21 bits per heavy atom. The number of hydrogen-bond donors (Lipinski definition) is 1. The lowest BCUT2D eigenvalue weighted by Gasteiger charge is -2.32. The van der Waals surface area contributed by atoms with Gasteiger partial charge in [-0.3, -0.25) is 0 Å². The van der Waals surface area contributed by atoms with Gasteiger partial charge in [-0.05, 0) is 36.0 Å². The topological polar surface area (TPSA) is 84.4 Å². The lowest BCUT2D eigenvalue weighted by atomic mass is 9.94. The molecular formula is C21H28N4O3S. The van der Waals surface area contributed by atoms with Crippen LogP contribution in [0.2, 0.25) is 0 Å². The molecule has 1 atom stereocenters. The Morgan fingerprint density at radius 2 is 2.00 bits per heavy atom. The maximum absolute atomic E-state index is 12.6. The minimum Gasteiger partial charge on any atom is -0.378 e. The monoisotopic (exact) mass is 416 g/mol. The first-order valence-corrected chi connectivity index (χ1v) is 11.9. The highest BCUT2D eigenvalue weighted by molar-refractivity contribution is 7.91. The summed E-state index contributed by atoms with van der Waals surface area (Å²) in [5.74, 6) is 1.24. The maximum Gasteiger partial charge on any atom is 0.178 e. The number of nitrogens with one attached hydrogen (secondary N) is 1. The standard InChI is InChI=1S/C21H28N4O3S/c1-15(2)20(17-6-5-16-4-3-11-29(26,27)19(16)12-17)24-21-18(13-22-14-23-21)25-7-9-28-10-8-25/h5-6,12-15,20H,3-4,7-11H2,1-2H3,(H,22,23,24)/t20-/m1/s1. The minimum absolute atomic E-state index is 0.0629. The minimum atomic E-state index is -3.20. The smallest absolute Gasteiger partial charge is 0.178 e. The molecule has 1 saturated heterocycles. The van der Waals surface area contributed by atoms with E-state index in [1.54, 1.807) is 6.33 Å². The van der Waals surface area contributed by atoms with Crippen molar-refractivity contribution in [2.75, 3.05) is 42.3 Å².